The van der Waals surface area contributed by atoms with Crippen LogP contribution >= 0.6 is 0 Å². The average molecular weight is 310 g/mol. The SMILES string of the molecule is CCN(C(=O)N1CCN(C(C)C(=O)NC2CC2)CC1)C(C)C. The molecule has 1 saturated heterocycles. The van der Waals surface area contributed by atoms with E-state index in [9.17, 15) is 9.59 Å². The molecular formula is C16H30N4O2. The Kier molecular flexibility index (Phi) is 5.67. The molecule has 0 aromatic rings. The molecule has 0 radical (unpaired) electrons. The maximum absolute atomic E-state index is 12.5. The Morgan fingerprint density at radius 2 is 1.73 bits per heavy atom. The molecule has 1 heterocycles. The summed E-state index contributed by atoms with van der Waals surface area (Å²) in [7, 11) is 0. The van der Waals surface area contributed by atoms with E-state index in [1.165, 1.54) is 0 Å². The van der Waals surface area contributed by atoms with E-state index in [1.807, 2.05) is 37.5 Å². The molecule has 1 atom stereocenters. The summed E-state index contributed by atoms with van der Waals surface area (Å²) in [6.45, 7) is 11.7. The first-order valence-corrected chi connectivity index (χ1v) is 8.54. The van der Waals surface area contributed by atoms with Crippen molar-refractivity contribution in [1.82, 2.24) is 20.0 Å². The largest absolute Gasteiger partial charge is 0.352 e. The van der Waals surface area contributed by atoms with Crippen molar-refractivity contribution >= 4 is 11.9 Å². The number of nitrogens with zero attached hydrogens (tertiary/aromatic N) is 3. The van der Waals surface area contributed by atoms with Gasteiger partial charge in [-0.15, -0.1) is 0 Å². The highest BCUT2D eigenvalue weighted by Crippen LogP contribution is 2.19. The summed E-state index contributed by atoms with van der Waals surface area (Å²) in [5, 5.41) is 3.06. The standard InChI is InChI=1S/C16H30N4O2/c1-5-20(12(2)3)16(22)19-10-8-18(9-11-19)13(4)15(21)17-14-6-7-14/h12-14H,5-11H2,1-4H3,(H,17,21). The minimum absolute atomic E-state index is 0.106. The van der Waals surface area contributed by atoms with Crippen LogP contribution in [0.5, 0.6) is 0 Å². The lowest BCUT2D eigenvalue weighted by molar-refractivity contribution is -0.126. The molecule has 22 heavy (non-hydrogen) atoms. The Bertz CT molecular complexity index is 401. The van der Waals surface area contributed by atoms with Crippen LogP contribution in [0.1, 0.15) is 40.5 Å². The van der Waals surface area contributed by atoms with Crippen LogP contribution in [0.25, 0.3) is 0 Å². The molecule has 2 fully saturated rings. The summed E-state index contributed by atoms with van der Waals surface area (Å²) in [6, 6.07) is 0.637. The molecule has 0 aromatic heterocycles. The van der Waals surface area contributed by atoms with Crippen molar-refractivity contribution < 1.29 is 9.59 Å². The van der Waals surface area contributed by atoms with Crippen LogP contribution in [0.2, 0.25) is 0 Å². The van der Waals surface area contributed by atoms with Crippen molar-refractivity contribution in [2.45, 2.75) is 58.7 Å². The Hall–Kier alpha value is -1.30. The second kappa shape index (κ2) is 7.31. The molecule has 0 spiro atoms. The minimum atomic E-state index is -0.106. The van der Waals surface area contributed by atoms with E-state index in [0.29, 0.717) is 19.1 Å². The van der Waals surface area contributed by atoms with Gasteiger partial charge in [0.05, 0.1) is 6.04 Å². The maximum atomic E-state index is 12.5. The van der Waals surface area contributed by atoms with Gasteiger partial charge in [-0.1, -0.05) is 0 Å². The molecule has 1 N–H and O–H groups in total. The van der Waals surface area contributed by atoms with Crippen LogP contribution in [0.3, 0.4) is 0 Å². The summed E-state index contributed by atoms with van der Waals surface area (Å²) in [6.07, 6.45) is 2.23. The molecule has 1 unspecified atom stereocenters. The highest BCUT2D eigenvalue weighted by molar-refractivity contribution is 5.82. The molecule has 6 nitrogen and oxygen atoms in total. The van der Waals surface area contributed by atoms with Gasteiger partial charge in [0.15, 0.2) is 0 Å². The lowest BCUT2D eigenvalue weighted by Gasteiger charge is -2.40. The number of piperazine rings is 1. The summed E-state index contributed by atoms with van der Waals surface area (Å²) >= 11 is 0. The van der Waals surface area contributed by atoms with Gasteiger partial charge in [-0.25, -0.2) is 4.79 Å². The van der Waals surface area contributed by atoms with E-state index in [-0.39, 0.29) is 24.0 Å². The predicted molar refractivity (Wildman–Crippen MR) is 86.7 cm³/mol. The van der Waals surface area contributed by atoms with Crippen LogP contribution < -0.4 is 5.32 Å². The van der Waals surface area contributed by atoms with Gasteiger partial charge in [0, 0.05) is 44.8 Å². The van der Waals surface area contributed by atoms with Gasteiger partial charge in [-0.2, -0.15) is 0 Å². The molecule has 126 valence electrons. The molecule has 2 rings (SSSR count). The number of carbonyl (C=O) groups is 2. The van der Waals surface area contributed by atoms with Gasteiger partial charge in [0.25, 0.3) is 0 Å². The first-order valence-electron chi connectivity index (χ1n) is 8.54. The third-order valence-electron chi connectivity index (χ3n) is 4.65. The van der Waals surface area contributed by atoms with Crippen molar-refractivity contribution in [2.75, 3.05) is 32.7 Å². The van der Waals surface area contributed by atoms with Crippen molar-refractivity contribution in [3.8, 4) is 0 Å². The molecule has 2 aliphatic rings. The summed E-state index contributed by atoms with van der Waals surface area (Å²) < 4.78 is 0. The van der Waals surface area contributed by atoms with E-state index >= 15 is 0 Å². The fraction of sp³-hybridized carbons (Fsp3) is 0.875. The van der Waals surface area contributed by atoms with E-state index in [4.69, 9.17) is 0 Å². The predicted octanol–water partition coefficient (Wildman–Crippen LogP) is 1.12. The van der Waals surface area contributed by atoms with E-state index in [1.54, 1.807) is 0 Å². The van der Waals surface area contributed by atoms with E-state index < -0.39 is 0 Å². The van der Waals surface area contributed by atoms with E-state index in [0.717, 1.165) is 32.5 Å². The van der Waals surface area contributed by atoms with Crippen LogP contribution in [0.4, 0.5) is 4.79 Å². The van der Waals surface area contributed by atoms with E-state index in [2.05, 4.69) is 10.2 Å². The van der Waals surface area contributed by atoms with Gasteiger partial charge in [0.2, 0.25) is 5.91 Å². The number of nitrogens with one attached hydrogen (secondary N) is 1. The molecule has 1 saturated carbocycles. The normalized spacial score (nSPS) is 20.9. The first-order chi connectivity index (χ1) is 10.4. The zero-order chi connectivity index (χ0) is 16.3. The Morgan fingerprint density at radius 3 is 2.18 bits per heavy atom. The van der Waals surface area contributed by atoms with Gasteiger partial charge < -0.3 is 15.1 Å². The second-order valence-electron chi connectivity index (χ2n) is 6.64. The fourth-order valence-corrected chi connectivity index (χ4v) is 2.92. The topological polar surface area (TPSA) is 55.9 Å². The fourth-order valence-electron chi connectivity index (χ4n) is 2.92. The zero-order valence-electron chi connectivity index (χ0n) is 14.3. The monoisotopic (exact) mass is 310 g/mol. The lowest BCUT2D eigenvalue weighted by Crippen LogP contribution is -2.57. The van der Waals surface area contributed by atoms with Crippen molar-refractivity contribution in [1.29, 1.82) is 0 Å². The lowest BCUT2D eigenvalue weighted by atomic mass is 10.2. The molecule has 0 bridgehead atoms. The Balaban J connectivity index is 1.81. The second-order valence-corrected chi connectivity index (χ2v) is 6.64. The quantitative estimate of drug-likeness (QED) is 0.828. The molecule has 1 aliphatic heterocycles. The number of hydrogen-bond donors (Lipinski definition) is 1. The number of urea groups is 1. The zero-order valence-corrected chi connectivity index (χ0v) is 14.3. The highest BCUT2D eigenvalue weighted by Gasteiger charge is 2.31. The maximum Gasteiger partial charge on any atom is 0.320 e. The molecule has 3 amide bonds. The van der Waals surface area contributed by atoms with Crippen LogP contribution in [0, 0.1) is 0 Å². The smallest absolute Gasteiger partial charge is 0.320 e. The molecule has 1 aliphatic carbocycles. The van der Waals surface area contributed by atoms with Crippen LogP contribution in [-0.4, -0.2) is 77.5 Å². The van der Waals surface area contributed by atoms with Crippen LogP contribution in [-0.2, 0) is 4.79 Å². The highest BCUT2D eigenvalue weighted by atomic mass is 16.2. The van der Waals surface area contributed by atoms with Gasteiger partial charge in [-0.3, -0.25) is 9.69 Å². The van der Waals surface area contributed by atoms with Gasteiger partial charge >= 0.3 is 6.03 Å². The van der Waals surface area contributed by atoms with Crippen molar-refractivity contribution in [3.05, 3.63) is 0 Å². The third-order valence-corrected chi connectivity index (χ3v) is 4.65. The first kappa shape index (κ1) is 17.1. The summed E-state index contributed by atoms with van der Waals surface area (Å²) in [5.74, 6) is 0.125. The summed E-state index contributed by atoms with van der Waals surface area (Å²) in [5.41, 5.74) is 0. The average Bonchev–Trinajstić information content (AvgIpc) is 3.30. The third kappa shape index (κ3) is 4.12. The Morgan fingerprint density at radius 1 is 1.14 bits per heavy atom. The number of carbonyl (C=O) groups excluding carboxylic acids is 2. The summed E-state index contributed by atoms with van der Waals surface area (Å²) in [4.78, 5) is 30.6. The molecule has 0 aromatic carbocycles. The van der Waals surface area contributed by atoms with Crippen LogP contribution in [0.15, 0.2) is 0 Å². The number of rotatable bonds is 5. The number of amides is 3. The molecular weight excluding hydrogens is 280 g/mol. The van der Waals surface area contributed by atoms with Crippen molar-refractivity contribution in [2.24, 2.45) is 0 Å². The molecule has 6 heteroatoms. The number of hydrogen-bond acceptors (Lipinski definition) is 3. The Labute approximate surface area is 133 Å². The minimum Gasteiger partial charge on any atom is -0.352 e. The van der Waals surface area contributed by atoms with Gasteiger partial charge in [0.1, 0.15) is 0 Å². The van der Waals surface area contributed by atoms with Gasteiger partial charge in [-0.05, 0) is 40.5 Å². The van der Waals surface area contributed by atoms with Crippen molar-refractivity contribution in [3.63, 3.8) is 0 Å².